The first-order valence-corrected chi connectivity index (χ1v) is 13.1. The number of nitrogens with one attached hydrogen (secondary N) is 1. The van der Waals surface area contributed by atoms with Crippen molar-refractivity contribution in [1.82, 2.24) is 28.8 Å². The van der Waals surface area contributed by atoms with Gasteiger partial charge in [0.15, 0.2) is 5.65 Å². The van der Waals surface area contributed by atoms with E-state index in [4.69, 9.17) is 16.3 Å². The van der Waals surface area contributed by atoms with E-state index >= 15 is 0 Å². The van der Waals surface area contributed by atoms with Crippen LogP contribution in [0.1, 0.15) is 25.8 Å². The quantitative estimate of drug-likeness (QED) is 0.246. The Morgan fingerprint density at radius 1 is 1.11 bits per heavy atom. The summed E-state index contributed by atoms with van der Waals surface area (Å²) in [5.41, 5.74) is 2.54. The molecule has 0 aliphatic heterocycles. The van der Waals surface area contributed by atoms with Crippen LogP contribution in [0.5, 0.6) is 5.75 Å². The standard InChI is InChI=1S/C28H30ClN7O2/c1-4-34(5-2)14-8-16-38-24-12-11-20(17-19(24)3)32-27-31-18-21-25(33-27)35-15-13-30-28(35)36(26(21)37)23-10-7-6-9-22(23)29/h6-7,9-13,15,17-18H,4-5,8,14,16H2,1-3H3,(H,31,32,33). The lowest BCUT2D eigenvalue weighted by Crippen LogP contribution is -2.25. The molecule has 5 aromatic rings. The highest BCUT2D eigenvalue weighted by atomic mass is 35.5. The molecule has 3 heterocycles. The predicted octanol–water partition coefficient (Wildman–Crippen LogP) is 5.24. The molecule has 0 radical (unpaired) electrons. The number of hydrogen-bond donors (Lipinski definition) is 1. The maximum absolute atomic E-state index is 13.5. The first-order valence-electron chi connectivity index (χ1n) is 12.7. The van der Waals surface area contributed by atoms with Crippen LogP contribution in [0.3, 0.4) is 0 Å². The van der Waals surface area contributed by atoms with Crippen LogP contribution in [0.25, 0.3) is 22.5 Å². The Kier molecular flexibility index (Phi) is 7.57. The molecule has 0 bridgehead atoms. The fourth-order valence-corrected chi connectivity index (χ4v) is 4.70. The molecule has 0 saturated heterocycles. The Morgan fingerprint density at radius 3 is 2.68 bits per heavy atom. The van der Waals surface area contributed by atoms with Crippen molar-refractivity contribution in [1.29, 1.82) is 0 Å². The number of nitrogens with zero attached hydrogens (tertiary/aromatic N) is 6. The van der Waals surface area contributed by atoms with E-state index < -0.39 is 0 Å². The molecule has 196 valence electrons. The molecule has 0 spiro atoms. The average Bonchev–Trinajstić information content (AvgIpc) is 3.41. The number of rotatable bonds is 10. The van der Waals surface area contributed by atoms with Gasteiger partial charge in [-0.3, -0.25) is 9.20 Å². The Morgan fingerprint density at radius 2 is 1.92 bits per heavy atom. The van der Waals surface area contributed by atoms with Crippen molar-refractivity contribution >= 4 is 40.0 Å². The Hall–Kier alpha value is -3.95. The van der Waals surface area contributed by atoms with Crippen LogP contribution < -0.4 is 15.6 Å². The summed E-state index contributed by atoms with van der Waals surface area (Å²) in [6, 6.07) is 13.0. The Balaban J connectivity index is 1.39. The topological polar surface area (TPSA) is 89.6 Å². The lowest BCUT2D eigenvalue weighted by molar-refractivity contribution is 0.248. The van der Waals surface area contributed by atoms with Crippen molar-refractivity contribution in [2.45, 2.75) is 27.2 Å². The molecule has 0 unspecified atom stereocenters. The van der Waals surface area contributed by atoms with Gasteiger partial charge in [-0.05, 0) is 62.3 Å². The van der Waals surface area contributed by atoms with E-state index in [9.17, 15) is 4.79 Å². The van der Waals surface area contributed by atoms with Gasteiger partial charge < -0.3 is 15.0 Å². The summed E-state index contributed by atoms with van der Waals surface area (Å²) < 4.78 is 9.24. The van der Waals surface area contributed by atoms with E-state index in [1.54, 1.807) is 28.9 Å². The second-order valence-corrected chi connectivity index (χ2v) is 9.36. The zero-order valence-electron chi connectivity index (χ0n) is 21.7. The molecule has 2 aromatic carbocycles. The molecular weight excluding hydrogens is 502 g/mol. The van der Waals surface area contributed by atoms with E-state index in [1.807, 2.05) is 37.3 Å². The number of halogens is 1. The zero-order valence-corrected chi connectivity index (χ0v) is 22.4. The minimum Gasteiger partial charge on any atom is -0.493 e. The highest BCUT2D eigenvalue weighted by Crippen LogP contribution is 2.25. The highest BCUT2D eigenvalue weighted by molar-refractivity contribution is 6.32. The molecule has 9 nitrogen and oxygen atoms in total. The van der Waals surface area contributed by atoms with E-state index in [1.165, 1.54) is 10.8 Å². The van der Waals surface area contributed by atoms with Gasteiger partial charge in [-0.1, -0.05) is 37.6 Å². The first kappa shape index (κ1) is 25.7. The maximum atomic E-state index is 13.5. The minimum atomic E-state index is -0.295. The number of aromatic nitrogens is 5. The molecule has 5 rings (SSSR count). The molecule has 0 fully saturated rings. The zero-order chi connectivity index (χ0) is 26.6. The second-order valence-electron chi connectivity index (χ2n) is 8.95. The second kappa shape index (κ2) is 11.2. The fraction of sp³-hybridized carbons (Fsp3) is 0.286. The van der Waals surface area contributed by atoms with Crippen molar-refractivity contribution < 1.29 is 4.74 Å². The van der Waals surface area contributed by atoms with Crippen LogP contribution in [0.15, 0.2) is 65.8 Å². The summed E-state index contributed by atoms with van der Waals surface area (Å²) in [7, 11) is 0. The molecule has 0 atom stereocenters. The number of benzene rings is 2. The third kappa shape index (κ3) is 5.07. The average molecular weight is 532 g/mol. The smallest absolute Gasteiger partial charge is 0.270 e. The van der Waals surface area contributed by atoms with E-state index in [2.05, 4.69) is 39.0 Å². The number of imidazole rings is 1. The monoisotopic (exact) mass is 531 g/mol. The number of aryl methyl sites for hydroxylation is 1. The Bertz CT molecular complexity index is 1640. The summed E-state index contributed by atoms with van der Waals surface area (Å²) >= 11 is 6.40. The van der Waals surface area contributed by atoms with E-state index in [0.717, 1.165) is 43.1 Å². The molecule has 3 aromatic heterocycles. The first-order chi connectivity index (χ1) is 18.5. The minimum absolute atomic E-state index is 0.295. The predicted molar refractivity (Wildman–Crippen MR) is 151 cm³/mol. The summed E-state index contributed by atoms with van der Waals surface area (Å²) in [4.78, 5) is 29.3. The molecule has 38 heavy (non-hydrogen) atoms. The van der Waals surface area contributed by atoms with E-state index in [-0.39, 0.29) is 5.56 Å². The summed E-state index contributed by atoms with van der Waals surface area (Å²) in [5.74, 6) is 1.64. The molecule has 0 saturated carbocycles. The normalized spacial score (nSPS) is 11.5. The summed E-state index contributed by atoms with van der Waals surface area (Å²) in [6.07, 6.45) is 5.89. The molecule has 0 amide bonds. The van der Waals surface area contributed by atoms with Gasteiger partial charge >= 0.3 is 0 Å². The third-order valence-electron chi connectivity index (χ3n) is 6.55. The molecule has 10 heteroatoms. The van der Waals surface area contributed by atoms with Crippen molar-refractivity contribution in [2.24, 2.45) is 0 Å². The lowest BCUT2D eigenvalue weighted by Gasteiger charge is -2.18. The van der Waals surface area contributed by atoms with Crippen LogP contribution in [-0.2, 0) is 0 Å². The summed E-state index contributed by atoms with van der Waals surface area (Å²) in [5, 5.41) is 4.05. The number of para-hydroxylation sites is 1. The van der Waals surface area contributed by atoms with Gasteiger partial charge in [0.25, 0.3) is 5.56 Å². The van der Waals surface area contributed by atoms with Crippen LogP contribution in [-0.4, -0.2) is 55.1 Å². The van der Waals surface area contributed by atoms with Gasteiger partial charge in [-0.25, -0.2) is 14.5 Å². The van der Waals surface area contributed by atoms with E-state index in [0.29, 0.717) is 40.1 Å². The number of ether oxygens (including phenoxy) is 1. The number of anilines is 2. The van der Waals surface area contributed by atoms with Gasteiger partial charge in [0.2, 0.25) is 11.7 Å². The molecule has 0 aliphatic rings. The maximum Gasteiger partial charge on any atom is 0.270 e. The number of fused-ring (bicyclic) bond motifs is 3. The van der Waals surface area contributed by atoms with Crippen molar-refractivity contribution in [3.8, 4) is 11.4 Å². The summed E-state index contributed by atoms with van der Waals surface area (Å²) in [6.45, 7) is 10.2. The van der Waals surface area contributed by atoms with Gasteiger partial charge in [-0.15, -0.1) is 0 Å². The largest absolute Gasteiger partial charge is 0.493 e. The SMILES string of the molecule is CCN(CC)CCCOc1ccc(Nc2ncc3c(=O)n(-c4ccccc4Cl)c4nccn4c3n2)cc1C. The molecular formula is C28H30ClN7O2. The van der Waals surface area contributed by atoms with Crippen LogP contribution in [0.4, 0.5) is 11.6 Å². The van der Waals surface area contributed by atoms with Crippen LogP contribution >= 0.6 is 11.6 Å². The third-order valence-corrected chi connectivity index (χ3v) is 6.87. The van der Waals surface area contributed by atoms with Gasteiger partial charge in [-0.2, -0.15) is 4.98 Å². The fourth-order valence-electron chi connectivity index (χ4n) is 4.48. The molecule has 1 N–H and O–H groups in total. The molecule has 0 aliphatic carbocycles. The van der Waals surface area contributed by atoms with Gasteiger partial charge in [0.1, 0.15) is 11.1 Å². The number of hydrogen-bond acceptors (Lipinski definition) is 7. The lowest BCUT2D eigenvalue weighted by atomic mass is 10.2. The van der Waals surface area contributed by atoms with Crippen molar-refractivity contribution in [3.05, 3.63) is 82.0 Å². The van der Waals surface area contributed by atoms with Crippen LogP contribution in [0, 0.1) is 6.92 Å². The van der Waals surface area contributed by atoms with Gasteiger partial charge in [0.05, 0.1) is 17.3 Å². The van der Waals surface area contributed by atoms with Crippen molar-refractivity contribution in [2.75, 3.05) is 31.6 Å². The van der Waals surface area contributed by atoms with Crippen molar-refractivity contribution in [3.63, 3.8) is 0 Å². The Labute approximate surface area is 225 Å². The highest BCUT2D eigenvalue weighted by Gasteiger charge is 2.17. The van der Waals surface area contributed by atoms with Gasteiger partial charge in [0, 0.05) is 30.8 Å². The van der Waals surface area contributed by atoms with Crippen LogP contribution in [0.2, 0.25) is 5.02 Å².